The quantitative estimate of drug-likeness (QED) is 0.763. The van der Waals surface area contributed by atoms with Gasteiger partial charge >= 0.3 is 0 Å². The van der Waals surface area contributed by atoms with E-state index in [0.717, 1.165) is 31.6 Å². The monoisotopic (exact) mass is 252 g/mol. The number of rotatable bonds is 5. The van der Waals surface area contributed by atoms with Crippen molar-refractivity contribution < 1.29 is 4.79 Å². The molecule has 1 fully saturated rings. The summed E-state index contributed by atoms with van der Waals surface area (Å²) in [7, 11) is 0. The first-order valence-electron chi connectivity index (χ1n) is 7.24. The Kier molecular flexibility index (Phi) is 6.41. The predicted molar refractivity (Wildman–Crippen MR) is 76.5 cm³/mol. The first-order valence-corrected chi connectivity index (χ1v) is 7.24. The van der Waals surface area contributed by atoms with Gasteiger partial charge in [-0.1, -0.05) is 13.0 Å². The molecule has 0 aromatic heterocycles. The molecule has 1 N–H and O–H groups in total. The van der Waals surface area contributed by atoms with Crippen LogP contribution in [0.15, 0.2) is 11.6 Å². The van der Waals surface area contributed by atoms with Gasteiger partial charge in [-0.15, -0.1) is 0 Å². The van der Waals surface area contributed by atoms with Crippen molar-refractivity contribution in [3.8, 4) is 0 Å². The highest BCUT2D eigenvalue weighted by molar-refractivity contribution is 5.93. The summed E-state index contributed by atoms with van der Waals surface area (Å²) < 4.78 is 0. The second-order valence-corrected chi connectivity index (χ2v) is 5.54. The van der Waals surface area contributed by atoms with Crippen LogP contribution in [0.4, 0.5) is 0 Å². The topological polar surface area (TPSA) is 32.3 Å². The number of hydrogen-bond donors (Lipinski definition) is 1. The molecule has 1 amide bonds. The van der Waals surface area contributed by atoms with Gasteiger partial charge in [0, 0.05) is 18.2 Å². The summed E-state index contributed by atoms with van der Waals surface area (Å²) in [6.45, 7) is 11.3. The van der Waals surface area contributed by atoms with Crippen LogP contribution in [0.2, 0.25) is 0 Å². The van der Waals surface area contributed by atoms with E-state index in [9.17, 15) is 4.79 Å². The molecule has 1 saturated heterocycles. The molecule has 0 aliphatic carbocycles. The smallest absolute Gasteiger partial charge is 0.249 e. The van der Waals surface area contributed by atoms with Crippen molar-refractivity contribution in [3.05, 3.63) is 11.6 Å². The number of carbonyl (C=O) groups is 1. The third kappa shape index (κ3) is 4.45. The minimum atomic E-state index is 0.213. The van der Waals surface area contributed by atoms with Gasteiger partial charge in [0.05, 0.1) is 0 Å². The molecule has 0 bridgehead atoms. The second kappa shape index (κ2) is 7.57. The summed E-state index contributed by atoms with van der Waals surface area (Å²) >= 11 is 0. The Morgan fingerprint density at radius 2 is 2.00 bits per heavy atom. The number of hydrogen-bond acceptors (Lipinski definition) is 2. The third-order valence-electron chi connectivity index (χ3n) is 3.65. The standard InChI is InChI=1S/C15H28N2O/c1-5-6-13(4)15(18)17(12(2)3)11-14-7-9-16-10-8-14/h6,12,14,16H,5,7-11H2,1-4H3. The van der Waals surface area contributed by atoms with Crippen molar-refractivity contribution in [2.24, 2.45) is 5.92 Å². The Bertz CT molecular complexity index is 291. The summed E-state index contributed by atoms with van der Waals surface area (Å²) in [4.78, 5) is 14.4. The maximum atomic E-state index is 12.4. The highest BCUT2D eigenvalue weighted by Crippen LogP contribution is 2.17. The van der Waals surface area contributed by atoms with Crippen LogP contribution in [0.1, 0.15) is 47.0 Å². The lowest BCUT2D eigenvalue weighted by atomic mass is 9.96. The summed E-state index contributed by atoms with van der Waals surface area (Å²) in [5.41, 5.74) is 0.889. The number of nitrogens with zero attached hydrogens (tertiary/aromatic N) is 1. The normalized spacial score (nSPS) is 18.2. The van der Waals surface area contributed by atoms with E-state index in [1.165, 1.54) is 12.8 Å². The molecule has 1 aliphatic heterocycles. The van der Waals surface area contributed by atoms with Crippen molar-refractivity contribution in [2.75, 3.05) is 19.6 Å². The van der Waals surface area contributed by atoms with Crippen LogP contribution in [-0.4, -0.2) is 36.5 Å². The largest absolute Gasteiger partial charge is 0.336 e. The zero-order valence-electron chi connectivity index (χ0n) is 12.3. The molecule has 0 atom stereocenters. The van der Waals surface area contributed by atoms with Gasteiger partial charge in [0.2, 0.25) is 5.91 Å². The molecule has 3 heteroatoms. The Morgan fingerprint density at radius 1 is 1.39 bits per heavy atom. The lowest BCUT2D eigenvalue weighted by Crippen LogP contribution is -2.43. The summed E-state index contributed by atoms with van der Waals surface area (Å²) in [5, 5.41) is 3.37. The van der Waals surface area contributed by atoms with Gasteiger partial charge in [-0.2, -0.15) is 0 Å². The minimum Gasteiger partial charge on any atom is -0.336 e. The Balaban J connectivity index is 2.64. The fourth-order valence-electron chi connectivity index (χ4n) is 2.49. The molecule has 18 heavy (non-hydrogen) atoms. The van der Waals surface area contributed by atoms with Crippen LogP contribution in [0.25, 0.3) is 0 Å². The number of allylic oxidation sites excluding steroid dienone is 1. The van der Waals surface area contributed by atoms with E-state index < -0.39 is 0 Å². The lowest BCUT2D eigenvalue weighted by molar-refractivity contribution is -0.129. The van der Waals surface area contributed by atoms with E-state index in [1.54, 1.807) is 0 Å². The molecule has 0 saturated carbocycles. The second-order valence-electron chi connectivity index (χ2n) is 5.54. The van der Waals surface area contributed by atoms with Gasteiger partial charge in [0.15, 0.2) is 0 Å². The van der Waals surface area contributed by atoms with Crippen molar-refractivity contribution in [1.82, 2.24) is 10.2 Å². The lowest BCUT2D eigenvalue weighted by Gasteiger charge is -2.33. The number of carbonyl (C=O) groups excluding carboxylic acids is 1. The van der Waals surface area contributed by atoms with Crippen LogP contribution >= 0.6 is 0 Å². The molecule has 0 aromatic rings. The molecule has 0 radical (unpaired) electrons. The molecule has 1 rings (SSSR count). The van der Waals surface area contributed by atoms with Gasteiger partial charge in [-0.3, -0.25) is 4.79 Å². The molecule has 0 unspecified atom stereocenters. The summed E-state index contributed by atoms with van der Waals surface area (Å²) in [6.07, 6.45) is 5.33. The maximum Gasteiger partial charge on any atom is 0.249 e. The van der Waals surface area contributed by atoms with Crippen molar-refractivity contribution in [1.29, 1.82) is 0 Å². The number of piperidine rings is 1. The third-order valence-corrected chi connectivity index (χ3v) is 3.65. The Hall–Kier alpha value is -0.830. The first-order chi connectivity index (χ1) is 8.56. The highest BCUT2D eigenvalue weighted by Gasteiger charge is 2.23. The van der Waals surface area contributed by atoms with Crippen molar-refractivity contribution in [2.45, 2.75) is 53.0 Å². The van der Waals surface area contributed by atoms with Gasteiger partial charge < -0.3 is 10.2 Å². The molecule has 104 valence electrons. The van der Waals surface area contributed by atoms with Gasteiger partial charge in [-0.25, -0.2) is 0 Å². The molecule has 1 heterocycles. The molecule has 3 nitrogen and oxygen atoms in total. The number of amides is 1. The molecular weight excluding hydrogens is 224 g/mol. The van der Waals surface area contributed by atoms with E-state index in [1.807, 2.05) is 17.9 Å². The van der Waals surface area contributed by atoms with Crippen molar-refractivity contribution >= 4 is 5.91 Å². The van der Waals surface area contributed by atoms with Crippen LogP contribution < -0.4 is 5.32 Å². The highest BCUT2D eigenvalue weighted by atomic mass is 16.2. The van der Waals surface area contributed by atoms with E-state index >= 15 is 0 Å². The molecule has 1 aliphatic rings. The molecule has 0 aromatic carbocycles. The molecule has 0 spiro atoms. The summed E-state index contributed by atoms with van der Waals surface area (Å²) in [5.74, 6) is 0.873. The van der Waals surface area contributed by atoms with Crippen LogP contribution in [0, 0.1) is 5.92 Å². The van der Waals surface area contributed by atoms with E-state index in [2.05, 4.69) is 26.1 Å². The van der Waals surface area contributed by atoms with E-state index in [-0.39, 0.29) is 11.9 Å². The SMILES string of the molecule is CCC=C(C)C(=O)N(CC1CCNCC1)C(C)C. The fraction of sp³-hybridized carbons (Fsp3) is 0.800. The van der Waals surface area contributed by atoms with Crippen molar-refractivity contribution in [3.63, 3.8) is 0 Å². The predicted octanol–water partition coefficient (Wildman–Crippen LogP) is 2.58. The van der Waals surface area contributed by atoms with E-state index in [4.69, 9.17) is 0 Å². The van der Waals surface area contributed by atoms with Crippen LogP contribution in [0.5, 0.6) is 0 Å². The van der Waals surface area contributed by atoms with E-state index in [0.29, 0.717) is 5.92 Å². The Morgan fingerprint density at radius 3 is 2.50 bits per heavy atom. The zero-order valence-corrected chi connectivity index (χ0v) is 12.3. The fourth-order valence-corrected chi connectivity index (χ4v) is 2.49. The maximum absolute atomic E-state index is 12.4. The average molecular weight is 252 g/mol. The summed E-state index contributed by atoms with van der Waals surface area (Å²) in [6, 6.07) is 0.285. The number of nitrogens with one attached hydrogen (secondary N) is 1. The molecular formula is C15H28N2O. The van der Waals surface area contributed by atoms with Gasteiger partial charge in [0.1, 0.15) is 0 Å². The van der Waals surface area contributed by atoms with Gasteiger partial charge in [0.25, 0.3) is 0 Å². The van der Waals surface area contributed by atoms with Crippen LogP contribution in [-0.2, 0) is 4.79 Å². The zero-order chi connectivity index (χ0) is 13.5. The average Bonchev–Trinajstić information content (AvgIpc) is 2.36. The van der Waals surface area contributed by atoms with Crippen LogP contribution in [0.3, 0.4) is 0 Å². The first kappa shape index (κ1) is 15.2. The van der Waals surface area contributed by atoms with Gasteiger partial charge in [-0.05, 0) is 59.0 Å². The minimum absolute atomic E-state index is 0.213. The Labute approximate surface area is 112 Å².